The normalized spacial score (nSPS) is 15.9. The minimum atomic E-state index is -0.719. The molecular weight excluding hydrogens is 252 g/mol. The zero-order valence-electron chi connectivity index (χ0n) is 10.4. The fraction of sp³-hybridized carbons (Fsp3) is 0.417. The molecule has 19 heavy (non-hydrogen) atoms. The Morgan fingerprint density at radius 1 is 1.53 bits per heavy atom. The van der Waals surface area contributed by atoms with Gasteiger partial charge in [0.25, 0.3) is 5.91 Å². The second-order valence-electron chi connectivity index (χ2n) is 4.71. The van der Waals surface area contributed by atoms with Crippen molar-refractivity contribution in [1.29, 1.82) is 0 Å². The molecule has 0 bridgehead atoms. The number of amides is 1. The predicted molar refractivity (Wildman–Crippen MR) is 65.9 cm³/mol. The molecule has 1 aromatic rings. The van der Waals surface area contributed by atoms with E-state index in [-0.39, 0.29) is 18.1 Å². The fourth-order valence-electron chi connectivity index (χ4n) is 1.96. The predicted octanol–water partition coefficient (Wildman–Crippen LogP) is 0.897. The van der Waals surface area contributed by atoms with Crippen molar-refractivity contribution in [1.82, 2.24) is 4.90 Å². The van der Waals surface area contributed by atoms with Gasteiger partial charge in [0.05, 0.1) is 17.1 Å². The van der Waals surface area contributed by atoms with Crippen LogP contribution >= 0.6 is 0 Å². The molecule has 1 saturated carbocycles. The summed E-state index contributed by atoms with van der Waals surface area (Å²) >= 11 is 0. The number of likely N-dealkylation sites (N-methyl/N-ethyl adjacent to an activating group) is 1. The van der Waals surface area contributed by atoms with Crippen LogP contribution in [-0.4, -0.2) is 45.1 Å². The van der Waals surface area contributed by atoms with Gasteiger partial charge in [-0.05, 0) is 25.0 Å². The van der Waals surface area contributed by atoms with Gasteiger partial charge in [0.1, 0.15) is 0 Å². The first-order valence-corrected chi connectivity index (χ1v) is 5.78. The maximum absolute atomic E-state index is 12.2. The maximum atomic E-state index is 12.2. The standard InChI is InChI=1S/C12H14N2O5/c1-13(12(7-15)4-5-12)11(17)8-2-3-9(14(18)19)10(16)6-8/h2-3,6,15-16H,4-5,7H2,1H3. The zero-order valence-corrected chi connectivity index (χ0v) is 10.4. The van der Waals surface area contributed by atoms with Crippen molar-refractivity contribution in [3.05, 3.63) is 33.9 Å². The Bertz CT molecular complexity index is 539. The Labute approximate surface area is 109 Å². The summed E-state index contributed by atoms with van der Waals surface area (Å²) in [6.07, 6.45) is 1.45. The molecule has 1 aromatic carbocycles. The number of aliphatic hydroxyl groups excluding tert-OH is 1. The van der Waals surface area contributed by atoms with E-state index in [0.29, 0.717) is 0 Å². The number of aliphatic hydroxyl groups is 1. The van der Waals surface area contributed by atoms with E-state index >= 15 is 0 Å². The molecule has 7 nitrogen and oxygen atoms in total. The number of nitro benzene ring substituents is 1. The third-order valence-corrected chi connectivity index (χ3v) is 3.56. The quantitative estimate of drug-likeness (QED) is 0.622. The molecule has 1 fully saturated rings. The van der Waals surface area contributed by atoms with Crippen molar-refractivity contribution < 1.29 is 19.9 Å². The highest BCUT2D eigenvalue weighted by Gasteiger charge is 2.48. The Kier molecular flexibility index (Phi) is 3.15. The Balaban J connectivity index is 2.25. The van der Waals surface area contributed by atoms with Crippen LogP contribution in [-0.2, 0) is 0 Å². The molecule has 2 rings (SSSR count). The summed E-state index contributed by atoms with van der Waals surface area (Å²) < 4.78 is 0. The number of nitro groups is 1. The van der Waals surface area contributed by atoms with E-state index < -0.39 is 21.9 Å². The summed E-state index contributed by atoms with van der Waals surface area (Å²) in [6, 6.07) is 3.46. The van der Waals surface area contributed by atoms with Crippen LogP contribution < -0.4 is 0 Å². The number of phenolic OH excluding ortho intramolecular Hbond substituents is 1. The Morgan fingerprint density at radius 3 is 2.58 bits per heavy atom. The monoisotopic (exact) mass is 266 g/mol. The number of nitrogens with zero attached hydrogens (tertiary/aromatic N) is 2. The number of carbonyl (C=O) groups is 1. The molecule has 1 aliphatic rings. The number of hydrogen-bond acceptors (Lipinski definition) is 5. The van der Waals surface area contributed by atoms with Crippen molar-refractivity contribution in [3.63, 3.8) is 0 Å². The summed E-state index contributed by atoms with van der Waals surface area (Å²) in [6.45, 7) is -0.117. The minimum Gasteiger partial charge on any atom is -0.502 e. The van der Waals surface area contributed by atoms with Gasteiger partial charge in [-0.25, -0.2) is 0 Å². The second-order valence-corrected chi connectivity index (χ2v) is 4.71. The van der Waals surface area contributed by atoms with Gasteiger partial charge in [0, 0.05) is 18.7 Å². The zero-order chi connectivity index (χ0) is 14.2. The van der Waals surface area contributed by atoms with Crippen LogP contribution in [0.1, 0.15) is 23.2 Å². The number of aromatic hydroxyl groups is 1. The van der Waals surface area contributed by atoms with E-state index in [9.17, 15) is 25.1 Å². The topological polar surface area (TPSA) is 104 Å². The molecule has 0 aliphatic heterocycles. The molecule has 7 heteroatoms. The average molecular weight is 266 g/mol. The van der Waals surface area contributed by atoms with E-state index in [1.165, 1.54) is 11.0 Å². The first kappa shape index (κ1) is 13.3. The lowest BCUT2D eigenvalue weighted by Crippen LogP contribution is -2.41. The largest absolute Gasteiger partial charge is 0.502 e. The lowest BCUT2D eigenvalue weighted by atomic mass is 10.1. The number of rotatable bonds is 4. The molecule has 0 aromatic heterocycles. The van der Waals surface area contributed by atoms with Crippen molar-refractivity contribution in [2.45, 2.75) is 18.4 Å². The molecule has 0 unspecified atom stereocenters. The fourth-order valence-corrected chi connectivity index (χ4v) is 1.96. The van der Waals surface area contributed by atoms with Gasteiger partial charge >= 0.3 is 5.69 Å². The molecule has 0 saturated heterocycles. The number of phenols is 1. The molecule has 1 amide bonds. The summed E-state index contributed by atoms with van der Waals surface area (Å²) in [5, 5.41) is 29.3. The van der Waals surface area contributed by atoms with Crippen LogP contribution in [0.3, 0.4) is 0 Å². The van der Waals surface area contributed by atoms with Gasteiger partial charge in [0.15, 0.2) is 5.75 Å². The third kappa shape index (κ3) is 2.24. The second kappa shape index (κ2) is 4.51. The molecule has 0 atom stereocenters. The van der Waals surface area contributed by atoms with Crippen LogP contribution in [0.2, 0.25) is 0 Å². The maximum Gasteiger partial charge on any atom is 0.310 e. The minimum absolute atomic E-state index is 0.117. The van der Waals surface area contributed by atoms with Gasteiger partial charge in [0.2, 0.25) is 0 Å². The highest BCUT2D eigenvalue weighted by molar-refractivity contribution is 5.95. The summed E-state index contributed by atoms with van der Waals surface area (Å²) in [5.41, 5.74) is -0.804. The molecular formula is C12H14N2O5. The first-order valence-electron chi connectivity index (χ1n) is 5.78. The van der Waals surface area contributed by atoms with Gasteiger partial charge in [-0.2, -0.15) is 0 Å². The molecule has 2 N–H and O–H groups in total. The Morgan fingerprint density at radius 2 is 2.16 bits per heavy atom. The van der Waals surface area contributed by atoms with Crippen LogP contribution in [0.15, 0.2) is 18.2 Å². The van der Waals surface area contributed by atoms with E-state index in [1.807, 2.05) is 0 Å². The van der Waals surface area contributed by atoms with Crippen LogP contribution in [0, 0.1) is 10.1 Å². The SMILES string of the molecule is CN(C(=O)c1ccc([N+](=O)[O-])c(O)c1)C1(CO)CC1. The molecule has 0 heterocycles. The summed E-state index contributed by atoms with van der Waals surface area (Å²) in [5.74, 6) is -0.921. The smallest absolute Gasteiger partial charge is 0.310 e. The van der Waals surface area contributed by atoms with Crippen LogP contribution in [0.25, 0.3) is 0 Å². The number of hydrogen-bond donors (Lipinski definition) is 2. The van der Waals surface area contributed by atoms with E-state index in [4.69, 9.17) is 0 Å². The highest BCUT2D eigenvalue weighted by Crippen LogP contribution is 2.41. The van der Waals surface area contributed by atoms with Crippen molar-refractivity contribution >= 4 is 11.6 Å². The van der Waals surface area contributed by atoms with Gasteiger partial charge in [-0.15, -0.1) is 0 Å². The number of carbonyl (C=O) groups excluding carboxylic acids is 1. The van der Waals surface area contributed by atoms with E-state index in [0.717, 1.165) is 25.0 Å². The van der Waals surface area contributed by atoms with Gasteiger partial charge < -0.3 is 15.1 Å². The van der Waals surface area contributed by atoms with E-state index in [2.05, 4.69) is 0 Å². The lowest BCUT2D eigenvalue weighted by molar-refractivity contribution is -0.385. The van der Waals surface area contributed by atoms with Crippen molar-refractivity contribution in [3.8, 4) is 5.75 Å². The Hall–Kier alpha value is -2.15. The molecule has 0 radical (unpaired) electrons. The lowest BCUT2D eigenvalue weighted by Gasteiger charge is -2.26. The highest BCUT2D eigenvalue weighted by atomic mass is 16.6. The van der Waals surface area contributed by atoms with Gasteiger partial charge in [-0.3, -0.25) is 14.9 Å². The summed E-state index contributed by atoms with van der Waals surface area (Å²) in [4.78, 5) is 23.4. The summed E-state index contributed by atoms with van der Waals surface area (Å²) in [7, 11) is 1.57. The van der Waals surface area contributed by atoms with Crippen molar-refractivity contribution in [2.75, 3.05) is 13.7 Å². The van der Waals surface area contributed by atoms with Crippen LogP contribution in [0.4, 0.5) is 5.69 Å². The first-order chi connectivity index (χ1) is 8.91. The molecule has 1 aliphatic carbocycles. The van der Waals surface area contributed by atoms with Crippen LogP contribution in [0.5, 0.6) is 5.75 Å². The van der Waals surface area contributed by atoms with Gasteiger partial charge in [-0.1, -0.05) is 0 Å². The average Bonchev–Trinajstić information content (AvgIpc) is 3.17. The third-order valence-electron chi connectivity index (χ3n) is 3.56. The molecule has 0 spiro atoms. The van der Waals surface area contributed by atoms with Crippen molar-refractivity contribution in [2.24, 2.45) is 0 Å². The molecule has 102 valence electrons. The number of benzene rings is 1. The van der Waals surface area contributed by atoms with E-state index in [1.54, 1.807) is 7.05 Å².